The van der Waals surface area contributed by atoms with Gasteiger partial charge in [-0.15, -0.1) is 0 Å². The molecule has 0 aliphatic heterocycles. The number of rotatable bonds is 1. The second-order valence-corrected chi connectivity index (χ2v) is 8.37. The number of aromatic nitrogens is 1. The standard InChI is InChI=1S/C27H21N.C2H6/c1-27(2)23-11-7-6-10-19(23)20-15-22-21-14-18(17-8-4-3-5-9-17)12-13-25(21)28-26(22)16-24(20)27;1-2/h3-16,28H,1-2H3;1-2H3. The van der Waals surface area contributed by atoms with E-state index in [9.17, 15) is 0 Å². The molecule has 4 aromatic carbocycles. The molecule has 30 heavy (non-hydrogen) atoms. The Bertz CT molecular complexity index is 1370. The van der Waals surface area contributed by atoms with Gasteiger partial charge in [0, 0.05) is 27.2 Å². The fraction of sp³-hybridized carbons (Fsp3) is 0.172. The molecule has 1 aromatic heterocycles. The van der Waals surface area contributed by atoms with Crippen molar-refractivity contribution in [3.05, 3.63) is 96.1 Å². The fourth-order valence-electron chi connectivity index (χ4n) is 4.91. The summed E-state index contributed by atoms with van der Waals surface area (Å²) < 4.78 is 0. The number of H-pyrrole nitrogens is 1. The van der Waals surface area contributed by atoms with E-state index < -0.39 is 0 Å². The fourth-order valence-corrected chi connectivity index (χ4v) is 4.91. The zero-order valence-corrected chi connectivity index (χ0v) is 18.1. The molecule has 0 atom stereocenters. The van der Waals surface area contributed by atoms with Crippen LogP contribution in [-0.4, -0.2) is 4.98 Å². The minimum Gasteiger partial charge on any atom is -0.355 e. The summed E-state index contributed by atoms with van der Waals surface area (Å²) in [5.74, 6) is 0. The second kappa shape index (κ2) is 6.88. The van der Waals surface area contributed by atoms with E-state index in [0.29, 0.717) is 0 Å². The predicted octanol–water partition coefficient (Wildman–Crippen LogP) is 8.32. The topological polar surface area (TPSA) is 15.8 Å². The molecule has 1 heteroatoms. The van der Waals surface area contributed by atoms with Gasteiger partial charge in [-0.2, -0.15) is 0 Å². The normalized spacial score (nSPS) is 13.6. The summed E-state index contributed by atoms with van der Waals surface area (Å²) in [6.07, 6.45) is 0. The second-order valence-electron chi connectivity index (χ2n) is 8.37. The molecule has 5 aromatic rings. The van der Waals surface area contributed by atoms with Gasteiger partial charge >= 0.3 is 0 Å². The molecule has 1 N–H and O–H groups in total. The van der Waals surface area contributed by atoms with Crippen molar-refractivity contribution in [1.29, 1.82) is 0 Å². The van der Waals surface area contributed by atoms with Gasteiger partial charge in [0.15, 0.2) is 0 Å². The monoisotopic (exact) mass is 389 g/mol. The van der Waals surface area contributed by atoms with E-state index >= 15 is 0 Å². The molecule has 1 aliphatic carbocycles. The van der Waals surface area contributed by atoms with E-state index in [2.05, 4.69) is 104 Å². The quantitative estimate of drug-likeness (QED) is 0.297. The molecular weight excluding hydrogens is 362 g/mol. The minimum atomic E-state index is 0.0343. The molecule has 1 heterocycles. The lowest BCUT2D eigenvalue weighted by molar-refractivity contribution is 0.661. The Hall–Kier alpha value is -3.32. The largest absolute Gasteiger partial charge is 0.355 e. The molecule has 6 rings (SSSR count). The lowest BCUT2D eigenvalue weighted by Gasteiger charge is -2.21. The van der Waals surface area contributed by atoms with Crippen LogP contribution in [-0.2, 0) is 5.41 Å². The van der Waals surface area contributed by atoms with Crippen LogP contribution in [0.15, 0.2) is 84.9 Å². The zero-order chi connectivity index (χ0) is 20.9. The van der Waals surface area contributed by atoms with Gasteiger partial charge in [-0.05, 0) is 57.6 Å². The van der Waals surface area contributed by atoms with E-state index in [0.717, 1.165) is 0 Å². The molecule has 0 spiro atoms. The van der Waals surface area contributed by atoms with E-state index in [4.69, 9.17) is 0 Å². The van der Waals surface area contributed by atoms with Crippen molar-refractivity contribution in [2.75, 3.05) is 0 Å². The van der Waals surface area contributed by atoms with Gasteiger partial charge in [-0.1, -0.05) is 88.4 Å². The Kier molecular flexibility index (Phi) is 4.29. The van der Waals surface area contributed by atoms with E-state index in [1.807, 2.05) is 13.8 Å². The molecule has 1 nitrogen and oxygen atoms in total. The highest BCUT2D eigenvalue weighted by molar-refractivity contribution is 6.10. The third kappa shape index (κ3) is 2.62. The maximum absolute atomic E-state index is 3.65. The highest BCUT2D eigenvalue weighted by Crippen LogP contribution is 2.50. The summed E-state index contributed by atoms with van der Waals surface area (Å²) in [6, 6.07) is 30.9. The van der Waals surface area contributed by atoms with Crippen LogP contribution in [0, 0.1) is 0 Å². The van der Waals surface area contributed by atoms with Gasteiger partial charge in [-0.25, -0.2) is 0 Å². The predicted molar refractivity (Wildman–Crippen MR) is 130 cm³/mol. The van der Waals surface area contributed by atoms with Crippen molar-refractivity contribution in [3.8, 4) is 22.3 Å². The molecule has 0 unspecified atom stereocenters. The van der Waals surface area contributed by atoms with Crippen molar-refractivity contribution < 1.29 is 0 Å². The van der Waals surface area contributed by atoms with Crippen LogP contribution in [0.3, 0.4) is 0 Å². The Morgan fingerprint density at radius 1 is 0.567 bits per heavy atom. The number of hydrogen-bond donors (Lipinski definition) is 1. The third-order valence-corrected chi connectivity index (χ3v) is 6.41. The van der Waals surface area contributed by atoms with Crippen molar-refractivity contribution in [2.24, 2.45) is 0 Å². The van der Waals surface area contributed by atoms with Gasteiger partial charge in [0.2, 0.25) is 0 Å². The van der Waals surface area contributed by atoms with Crippen LogP contribution in [0.5, 0.6) is 0 Å². The third-order valence-electron chi connectivity index (χ3n) is 6.41. The number of aromatic amines is 1. The summed E-state index contributed by atoms with van der Waals surface area (Å²) >= 11 is 0. The first-order chi connectivity index (χ1) is 14.6. The van der Waals surface area contributed by atoms with Gasteiger partial charge < -0.3 is 4.98 Å². The average molecular weight is 390 g/mol. The van der Waals surface area contributed by atoms with Crippen LogP contribution < -0.4 is 0 Å². The van der Waals surface area contributed by atoms with Crippen molar-refractivity contribution in [1.82, 2.24) is 4.98 Å². The maximum atomic E-state index is 3.65. The highest BCUT2D eigenvalue weighted by Gasteiger charge is 2.35. The molecule has 0 amide bonds. The van der Waals surface area contributed by atoms with Gasteiger partial charge in [-0.3, -0.25) is 0 Å². The number of fused-ring (bicyclic) bond motifs is 6. The number of nitrogens with one attached hydrogen (secondary N) is 1. The lowest BCUT2D eigenvalue weighted by Crippen LogP contribution is -2.14. The highest BCUT2D eigenvalue weighted by atomic mass is 14.7. The summed E-state index contributed by atoms with van der Waals surface area (Å²) in [7, 11) is 0. The Morgan fingerprint density at radius 2 is 1.27 bits per heavy atom. The number of hydrogen-bond acceptors (Lipinski definition) is 0. The minimum absolute atomic E-state index is 0.0343. The van der Waals surface area contributed by atoms with Crippen LogP contribution in [0.4, 0.5) is 0 Å². The van der Waals surface area contributed by atoms with Crippen LogP contribution in [0.2, 0.25) is 0 Å². The molecular formula is C29H27N. The van der Waals surface area contributed by atoms with Crippen LogP contribution >= 0.6 is 0 Å². The average Bonchev–Trinajstić information content (AvgIpc) is 3.27. The molecule has 0 saturated heterocycles. The summed E-state index contributed by atoms with van der Waals surface area (Å²) in [4.78, 5) is 3.65. The summed E-state index contributed by atoms with van der Waals surface area (Å²) in [5, 5.41) is 2.60. The molecule has 0 bridgehead atoms. The number of benzene rings is 4. The van der Waals surface area contributed by atoms with Crippen molar-refractivity contribution in [3.63, 3.8) is 0 Å². The van der Waals surface area contributed by atoms with E-state index in [-0.39, 0.29) is 5.41 Å². The zero-order valence-electron chi connectivity index (χ0n) is 18.1. The molecule has 148 valence electrons. The SMILES string of the molecule is CC.CC1(C)c2ccccc2-c2cc3c(cc21)[nH]c1ccc(-c2ccccc2)cc13. The van der Waals surface area contributed by atoms with Gasteiger partial charge in [0.1, 0.15) is 0 Å². The lowest BCUT2D eigenvalue weighted by atomic mass is 9.82. The van der Waals surface area contributed by atoms with Gasteiger partial charge in [0.05, 0.1) is 0 Å². The first kappa shape index (κ1) is 18.7. The Labute approximate surface area is 178 Å². The Balaban J connectivity index is 0.000000937. The van der Waals surface area contributed by atoms with Gasteiger partial charge in [0.25, 0.3) is 0 Å². The van der Waals surface area contributed by atoms with Crippen LogP contribution in [0.1, 0.15) is 38.8 Å². The maximum Gasteiger partial charge on any atom is 0.0468 e. The Morgan fingerprint density at radius 3 is 2.07 bits per heavy atom. The summed E-state index contributed by atoms with van der Waals surface area (Å²) in [6.45, 7) is 8.67. The summed E-state index contributed by atoms with van der Waals surface area (Å²) in [5.41, 5.74) is 10.6. The van der Waals surface area contributed by atoms with Crippen LogP contribution in [0.25, 0.3) is 44.1 Å². The van der Waals surface area contributed by atoms with E-state index in [1.54, 1.807) is 0 Å². The first-order valence-corrected chi connectivity index (χ1v) is 10.9. The van der Waals surface area contributed by atoms with Crippen molar-refractivity contribution in [2.45, 2.75) is 33.1 Å². The molecule has 1 aliphatic rings. The smallest absolute Gasteiger partial charge is 0.0468 e. The van der Waals surface area contributed by atoms with E-state index in [1.165, 1.54) is 55.2 Å². The first-order valence-electron chi connectivity index (χ1n) is 10.9. The molecule has 0 radical (unpaired) electrons. The molecule has 0 saturated carbocycles. The molecule has 0 fully saturated rings. The van der Waals surface area contributed by atoms with Crippen molar-refractivity contribution >= 4 is 21.8 Å².